The van der Waals surface area contributed by atoms with E-state index in [9.17, 15) is 9.59 Å². The maximum absolute atomic E-state index is 11.0. The zero-order valence-electron chi connectivity index (χ0n) is 36.9. The lowest BCUT2D eigenvalue weighted by Crippen LogP contribution is -2.38. The number of benzene rings is 4. The summed E-state index contributed by atoms with van der Waals surface area (Å²) < 4.78 is 36.6. The summed E-state index contributed by atoms with van der Waals surface area (Å²) in [7, 11) is 33.9. The molecular formula is C37H44B13N6O13. The summed E-state index contributed by atoms with van der Waals surface area (Å²) in [4.78, 5) is 26.5. The fraction of sp³-hybridized carbons (Fsp3) is 0.297. The highest BCUT2D eigenvalue weighted by Gasteiger charge is 2.33. The Hall–Kier alpha value is -5.40. The van der Waals surface area contributed by atoms with Gasteiger partial charge in [-0.3, -0.25) is 0 Å². The van der Waals surface area contributed by atoms with Gasteiger partial charge < -0.3 is 53.3 Å². The van der Waals surface area contributed by atoms with E-state index >= 15 is 0 Å². The van der Waals surface area contributed by atoms with Crippen molar-refractivity contribution in [2.24, 2.45) is 10.2 Å². The number of ether oxygens (including phenoxy) is 5. The molecule has 0 spiro atoms. The highest BCUT2D eigenvalue weighted by Crippen LogP contribution is 2.20. The number of rotatable bonds is 13. The van der Waals surface area contributed by atoms with Gasteiger partial charge in [-0.05, 0) is 83.4 Å². The lowest BCUT2D eigenvalue weighted by molar-refractivity contribution is 0.0536. The number of carbonyl (C=O) groups excluding carboxylic acids is 2. The Morgan fingerprint density at radius 1 is 0.754 bits per heavy atom. The van der Waals surface area contributed by atoms with Crippen molar-refractivity contribution in [3.63, 3.8) is 0 Å². The van der Waals surface area contributed by atoms with Crippen LogP contribution in [0.25, 0.3) is 20.9 Å². The van der Waals surface area contributed by atoms with Crippen LogP contribution in [0.1, 0.15) is 20.3 Å². The normalized spacial score (nSPS) is 12.8. The number of aliphatic hydroxyl groups is 2. The molecule has 0 bridgehead atoms. The van der Waals surface area contributed by atoms with Crippen molar-refractivity contribution >= 4 is 118 Å². The molecule has 4 N–H and O–H groups in total. The third-order valence-electron chi connectivity index (χ3n) is 7.81. The zero-order valence-corrected chi connectivity index (χ0v) is 36.9. The zero-order chi connectivity index (χ0) is 50.5. The molecule has 2 aliphatic rings. The highest BCUT2D eigenvalue weighted by molar-refractivity contribution is 7.76. The van der Waals surface area contributed by atoms with E-state index in [0.29, 0.717) is 30.2 Å². The second kappa shape index (κ2) is 39.5. The number of hydrogen-bond acceptors (Lipinski definition) is 13. The van der Waals surface area contributed by atoms with E-state index in [4.69, 9.17) is 114 Å². The quantitative estimate of drug-likeness (QED) is 0.0617. The van der Waals surface area contributed by atoms with Gasteiger partial charge in [0.1, 0.15) is 42.3 Å². The van der Waals surface area contributed by atoms with E-state index < -0.39 is 44.6 Å². The SMILES string of the molecule is C.C1CCOC1.OB(O)c1ccccc1.[B]B([B])B([B])[B].[B][B]B([B])[B].[N-]=[N+]=NC(=O)Oc1ccc(OCC(O)CO)cc1.[N-]=[N+]=NC(=O)Oc1ccc(OCC2COB(c3ccccc3)O2)cc1. The molecular weight excluding hydrogens is 877 g/mol. The molecule has 2 amide bonds. The first kappa shape index (κ1) is 63.6. The van der Waals surface area contributed by atoms with E-state index in [2.05, 4.69) is 24.8 Å². The fourth-order valence-corrected chi connectivity index (χ4v) is 4.41. The number of nitrogens with zero attached hydrogens (tertiary/aromatic N) is 6. The van der Waals surface area contributed by atoms with Crippen molar-refractivity contribution in [2.45, 2.75) is 32.5 Å². The average Bonchev–Trinajstić information content (AvgIpc) is 4.10. The summed E-state index contributed by atoms with van der Waals surface area (Å²) >= 11 is 0. The number of hydrogen-bond donors (Lipinski definition) is 4. The van der Waals surface area contributed by atoms with E-state index in [-0.39, 0.29) is 45.4 Å². The second-order valence-corrected chi connectivity index (χ2v) is 13.4. The van der Waals surface area contributed by atoms with Crippen LogP contribution in [0, 0.1) is 0 Å². The number of carbonyl (C=O) groups is 2. The Kier molecular flexibility index (Phi) is 36.4. The van der Waals surface area contributed by atoms with Gasteiger partial charge in [0.05, 0.1) is 19.3 Å². The molecule has 2 heterocycles. The van der Waals surface area contributed by atoms with Crippen LogP contribution in [0.5, 0.6) is 23.0 Å². The molecule has 0 aliphatic carbocycles. The molecule has 69 heavy (non-hydrogen) atoms. The van der Waals surface area contributed by atoms with Crippen LogP contribution >= 0.6 is 0 Å². The maximum Gasteiger partial charge on any atom is 0.494 e. The molecule has 2 saturated heterocycles. The molecule has 6 rings (SSSR count). The van der Waals surface area contributed by atoms with Gasteiger partial charge in [0, 0.05) is 114 Å². The molecule has 2 aliphatic heterocycles. The summed E-state index contributed by atoms with van der Waals surface area (Å²) in [6.45, 7) is 2.35. The molecule has 15 radical (unpaired) electrons. The Morgan fingerprint density at radius 3 is 1.55 bits per heavy atom. The highest BCUT2D eigenvalue weighted by atomic mass is 16.7. The Bertz CT molecular complexity index is 2040. The molecule has 4 aromatic rings. The molecule has 2 fully saturated rings. The Balaban J connectivity index is 0.000000909. The molecule has 2 unspecified atom stereocenters. The van der Waals surface area contributed by atoms with Gasteiger partial charge in [-0.15, -0.1) is 0 Å². The van der Waals surface area contributed by atoms with Crippen molar-refractivity contribution in [1.82, 2.24) is 0 Å². The largest absolute Gasteiger partial charge is 0.494 e. The number of amides is 2. The standard InChI is InChI=1S/C16H14BN3O5.C10H11N3O5.C6H7BO2.C4H8O.CH4.B6.B5/c18-20-19-16(21)24-14-8-6-13(7-9-14)22-10-15-11-23-17(25-15)12-4-2-1-3-5-12;11-13-12-10(16)18-9-3-1-8(2-4-9)17-6-7(15)5-14;8-7(9)6-4-2-1-3-5-6;1-2-4-5-3-1;;1-5(2)6(3)4;1-4-5(2)3/h1-9,15H,10-11H2;1-4,7,14-15H,5-6H2;1-5,8-9H;1-4H2;1H4;;. The van der Waals surface area contributed by atoms with Crippen molar-refractivity contribution in [1.29, 1.82) is 0 Å². The van der Waals surface area contributed by atoms with Crippen LogP contribution in [-0.4, -0.2) is 179 Å². The molecule has 4 aromatic carbocycles. The summed E-state index contributed by atoms with van der Waals surface area (Å²) in [6.07, 6.45) is -2.29. The minimum absolute atomic E-state index is 0. The predicted octanol–water partition coefficient (Wildman–Crippen LogP) is 0.524. The monoisotopic (exact) mass is 923 g/mol. The van der Waals surface area contributed by atoms with Crippen molar-refractivity contribution in [3.8, 4) is 23.0 Å². The number of azide groups is 2. The van der Waals surface area contributed by atoms with Gasteiger partial charge >= 0.3 is 26.4 Å². The lowest BCUT2D eigenvalue weighted by atomic mass is 8.81. The molecule has 2 atom stereocenters. The van der Waals surface area contributed by atoms with Gasteiger partial charge in [-0.25, -0.2) is 9.59 Å². The summed E-state index contributed by atoms with van der Waals surface area (Å²) in [5, 5.41) is 40.4. The molecule has 32 heteroatoms. The summed E-state index contributed by atoms with van der Waals surface area (Å²) in [5.74, 6) is 1.48. The van der Waals surface area contributed by atoms with Crippen LogP contribution in [0.2, 0.25) is 0 Å². The first-order chi connectivity index (χ1) is 32.6. The topological polar surface area (TPSA) is 277 Å². The predicted molar refractivity (Wildman–Crippen MR) is 276 cm³/mol. The van der Waals surface area contributed by atoms with Gasteiger partial charge in [0.25, 0.3) is 0 Å². The molecule has 339 valence electrons. The minimum atomic E-state index is -1.34. The summed E-state index contributed by atoms with van der Waals surface area (Å²) in [6, 6.07) is 30.6. The van der Waals surface area contributed by atoms with E-state index in [1.54, 1.807) is 48.5 Å². The molecule has 0 aromatic heterocycles. The van der Waals surface area contributed by atoms with Crippen LogP contribution in [0.15, 0.2) is 119 Å². The van der Waals surface area contributed by atoms with Crippen LogP contribution in [0.4, 0.5) is 9.59 Å². The van der Waals surface area contributed by atoms with Crippen LogP contribution in [-0.2, 0) is 14.0 Å². The molecule has 0 saturated carbocycles. The van der Waals surface area contributed by atoms with E-state index in [0.717, 1.165) is 18.7 Å². The van der Waals surface area contributed by atoms with Crippen molar-refractivity contribution < 1.29 is 62.8 Å². The average molecular weight is 921 g/mol. The van der Waals surface area contributed by atoms with Crippen molar-refractivity contribution in [3.05, 3.63) is 130 Å². The fourth-order valence-electron chi connectivity index (χ4n) is 4.41. The third kappa shape index (κ3) is 32.1. The van der Waals surface area contributed by atoms with Gasteiger partial charge in [-0.1, -0.05) is 68.1 Å². The third-order valence-corrected chi connectivity index (χ3v) is 7.81. The Labute approximate surface area is 414 Å². The maximum atomic E-state index is 11.0. The second-order valence-electron chi connectivity index (χ2n) is 13.4. The van der Waals surface area contributed by atoms with E-state index in [1.165, 1.54) is 44.2 Å². The van der Waals surface area contributed by atoms with E-state index in [1.807, 2.05) is 36.4 Å². The minimum Gasteiger partial charge on any atom is -0.491 e. The van der Waals surface area contributed by atoms with Crippen molar-refractivity contribution in [2.75, 3.05) is 39.6 Å². The van der Waals surface area contributed by atoms with Crippen LogP contribution < -0.4 is 29.9 Å². The van der Waals surface area contributed by atoms with Gasteiger partial charge in [0.2, 0.25) is 0 Å². The first-order valence-corrected chi connectivity index (χ1v) is 20.3. The lowest BCUT2D eigenvalue weighted by Gasteiger charge is -2.12. The van der Waals surface area contributed by atoms with Gasteiger partial charge in [-0.2, -0.15) is 0 Å². The smallest absolute Gasteiger partial charge is 0.491 e. The molecule has 19 nitrogen and oxygen atoms in total. The summed E-state index contributed by atoms with van der Waals surface area (Å²) in [5.41, 5.74) is 17.6. The first-order valence-electron chi connectivity index (χ1n) is 20.3. The number of aliphatic hydroxyl groups excluding tert-OH is 2. The van der Waals surface area contributed by atoms with Gasteiger partial charge in [0.15, 0.2) is 0 Å². The Morgan fingerprint density at radius 2 is 1.19 bits per heavy atom. The van der Waals surface area contributed by atoms with Crippen LogP contribution in [0.3, 0.4) is 0 Å².